The summed E-state index contributed by atoms with van der Waals surface area (Å²) in [6, 6.07) is 0. The molecule has 1 N–H and O–H groups in total. The van der Waals surface area contributed by atoms with Crippen LogP contribution in [-0.4, -0.2) is 41.1 Å². The highest BCUT2D eigenvalue weighted by Crippen LogP contribution is 1.93. The molecule has 0 aromatic rings. The molecule has 0 unspecified atom stereocenters. The number of esters is 1. The fourth-order valence-corrected chi connectivity index (χ4v) is 0.767. The predicted molar refractivity (Wildman–Crippen MR) is 50.8 cm³/mol. The highest BCUT2D eigenvalue weighted by Gasteiger charge is 2.14. The molecule has 1 amide bonds. The Kier molecular flexibility index (Phi) is 5.77. The van der Waals surface area contributed by atoms with Gasteiger partial charge in [-0.3, -0.25) is 19.3 Å². The van der Waals surface area contributed by atoms with E-state index in [0.717, 1.165) is 4.90 Å². The third-order valence-electron chi connectivity index (χ3n) is 1.37. The van der Waals surface area contributed by atoms with Gasteiger partial charge in [0.15, 0.2) is 6.73 Å². The molecule has 0 spiro atoms. The van der Waals surface area contributed by atoms with Crippen molar-refractivity contribution in [2.45, 2.75) is 13.8 Å². The lowest BCUT2D eigenvalue weighted by Crippen LogP contribution is -2.36. The van der Waals surface area contributed by atoms with E-state index >= 15 is 0 Å². The van der Waals surface area contributed by atoms with E-state index in [-0.39, 0.29) is 6.73 Å². The molecule has 0 bridgehead atoms. The van der Waals surface area contributed by atoms with Gasteiger partial charge >= 0.3 is 11.9 Å². The number of aliphatic carboxylic acids is 1. The summed E-state index contributed by atoms with van der Waals surface area (Å²) in [5.74, 6) is -2.25. The van der Waals surface area contributed by atoms with Crippen molar-refractivity contribution >= 4 is 17.8 Å². The van der Waals surface area contributed by atoms with Gasteiger partial charge in [0.1, 0.15) is 6.54 Å². The maximum Gasteiger partial charge on any atom is 0.323 e. The van der Waals surface area contributed by atoms with Crippen molar-refractivity contribution in [3.8, 4) is 0 Å². The number of carbonyl (C=O) groups excluding carboxylic acids is 2. The standard InChI is InChI=1S/C9H13NO5/c1-3-4-8(12)10(5-9(13)14)6-15-7(2)11/h3-4H,5-6H2,1-2H3,(H,13,14)/b4-3+. The van der Waals surface area contributed by atoms with E-state index < -0.39 is 24.4 Å². The zero-order valence-corrected chi connectivity index (χ0v) is 8.60. The number of amides is 1. The number of nitrogens with zero attached hydrogens (tertiary/aromatic N) is 1. The maximum absolute atomic E-state index is 11.3. The molecule has 0 rings (SSSR count). The second-order valence-electron chi connectivity index (χ2n) is 2.69. The Hall–Kier alpha value is -1.85. The molecule has 6 nitrogen and oxygen atoms in total. The third kappa shape index (κ3) is 6.25. The second-order valence-corrected chi connectivity index (χ2v) is 2.69. The lowest BCUT2D eigenvalue weighted by atomic mass is 10.4. The molecule has 0 saturated heterocycles. The molecule has 0 fully saturated rings. The highest BCUT2D eigenvalue weighted by molar-refractivity contribution is 5.89. The molecule has 6 heteroatoms. The normalized spacial score (nSPS) is 10.0. The Morgan fingerprint density at radius 2 is 2.00 bits per heavy atom. The number of allylic oxidation sites excluding steroid dienone is 1. The summed E-state index contributed by atoms with van der Waals surface area (Å²) in [7, 11) is 0. The molecule has 0 radical (unpaired) electrons. The Balaban J connectivity index is 4.36. The van der Waals surface area contributed by atoms with Gasteiger partial charge in [-0.1, -0.05) is 6.08 Å². The first-order valence-electron chi connectivity index (χ1n) is 4.24. The fourth-order valence-electron chi connectivity index (χ4n) is 0.767. The van der Waals surface area contributed by atoms with Gasteiger partial charge < -0.3 is 9.84 Å². The number of ether oxygens (including phenoxy) is 1. The number of carbonyl (C=O) groups is 3. The maximum atomic E-state index is 11.3. The number of rotatable bonds is 5. The van der Waals surface area contributed by atoms with Gasteiger partial charge in [0.25, 0.3) is 0 Å². The molecule has 15 heavy (non-hydrogen) atoms. The lowest BCUT2D eigenvalue weighted by molar-refractivity contribution is -0.154. The fraction of sp³-hybridized carbons (Fsp3) is 0.444. The minimum atomic E-state index is -1.17. The molecular weight excluding hydrogens is 202 g/mol. The van der Waals surface area contributed by atoms with Crippen LogP contribution in [0.25, 0.3) is 0 Å². The zero-order chi connectivity index (χ0) is 11.8. The van der Waals surface area contributed by atoms with Crippen LogP contribution in [0.3, 0.4) is 0 Å². The van der Waals surface area contributed by atoms with E-state index in [0.29, 0.717) is 0 Å². The van der Waals surface area contributed by atoms with E-state index in [4.69, 9.17) is 5.11 Å². The third-order valence-corrected chi connectivity index (χ3v) is 1.37. The van der Waals surface area contributed by atoms with Gasteiger partial charge in [-0.15, -0.1) is 0 Å². The van der Waals surface area contributed by atoms with Crippen molar-refractivity contribution in [3.63, 3.8) is 0 Å². The minimum absolute atomic E-state index is 0.356. The van der Waals surface area contributed by atoms with Crippen molar-refractivity contribution < 1.29 is 24.2 Å². The number of carboxylic acids is 1. The number of hydrogen-bond donors (Lipinski definition) is 1. The Morgan fingerprint density at radius 3 is 2.40 bits per heavy atom. The molecule has 0 aromatic carbocycles. The van der Waals surface area contributed by atoms with Crippen LogP contribution in [0.2, 0.25) is 0 Å². The summed E-state index contributed by atoms with van der Waals surface area (Å²) in [6.07, 6.45) is 2.68. The molecular formula is C9H13NO5. The van der Waals surface area contributed by atoms with Gasteiger partial charge in [0.05, 0.1) is 0 Å². The van der Waals surface area contributed by atoms with E-state index in [1.54, 1.807) is 6.92 Å². The molecule has 0 aliphatic heterocycles. The summed E-state index contributed by atoms with van der Waals surface area (Å²) in [5.41, 5.74) is 0. The van der Waals surface area contributed by atoms with Crippen LogP contribution in [0.4, 0.5) is 0 Å². The second kappa shape index (κ2) is 6.58. The topological polar surface area (TPSA) is 83.9 Å². The average molecular weight is 215 g/mol. The first kappa shape index (κ1) is 13.2. The first-order valence-corrected chi connectivity index (χ1v) is 4.24. The number of carboxylic acid groups (broad SMARTS) is 1. The average Bonchev–Trinajstić information content (AvgIpc) is 2.11. The molecule has 0 heterocycles. The van der Waals surface area contributed by atoms with Gasteiger partial charge in [-0.2, -0.15) is 0 Å². The largest absolute Gasteiger partial charge is 0.480 e. The molecule has 0 atom stereocenters. The van der Waals surface area contributed by atoms with Crippen LogP contribution in [0.5, 0.6) is 0 Å². The van der Waals surface area contributed by atoms with E-state index in [1.165, 1.54) is 19.1 Å². The van der Waals surface area contributed by atoms with Crippen LogP contribution in [0.15, 0.2) is 12.2 Å². The van der Waals surface area contributed by atoms with Crippen LogP contribution >= 0.6 is 0 Å². The van der Waals surface area contributed by atoms with Gasteiger partial charge in [-0.05, 0) is 13.0 Å². The van der Waals surface area contributed by atoms with Crippen LogP contribution in [-0.2, 0) is 19.1 Å². The quantitative estimate of drug-likeness (QED) is 0.396. The summed E-state index contributed by atoms with van der Waals surface area (Å²) in [6.45, 7) is 1.95. The van der Waals surface area contributed by atoms with Crippen molar-refractivity contribution in [2.24, 2.45) is 0 Å². The first-order chi connectivity index (χ1) is 6.97. The lowest BCUT2D eigenvalue weighted by Gasteiger charge is -2.17. The van der Waals surface area contributed by atoms with E-state index in [1.807, 2.05) is 0 Å². The summed E-state index contributed by atoms with van der Waals surface area (Å²) >= 11 is 0. The zero-order valence-electron chi connectivity index (χ0n) is 8.60. The van der Waals surface area contributed by atoms with Crippen LogP contribution in [0.1, 0.15) is 13.8 Å². The smallest absolute Gasteiger partial charge is 0.323 e. The summed E-state index contributed by atoms with van der Waals surface area (Å²) < 4.78 is 4.54. The van der Waals surface area contributed by atoms with Crippen LogP contribution in [0, 0.1) is 0 Å². The molecule has 84 valence electrons. The molecule has 0 aliphatic rings. The van der Waals surface area contributed by atoms with Crippen molar-refractivity contribution in [1.82, 2.24) is 4.90 Å². The van der Waals surface area contributed by atoms with E-state index in [2.05, 4.69) is 4.74 Å². The number of hydrogen-bond acceptors (Lipinski definition) is 4. The molecule has 0 saturated carbocycles. The van der Waals surface area contributed by atoms with Crippen molar-refractivity contribution in [2.75, 3.05) is 13.3 Å². The summed E-state index contributed by atoms with van der Waals surface area (Å²) in [5, 5.41) is 8.51. The van der Waals surface area contributed by atoms with E-state index in [9.17, 15) is 14.4 Å². The monoisotopic (exact) mass is 215 g/mol. The van der Waals surface area contributed by atoms with Crippen molar-refractivity contribution in [1.29, 1.82) is 0 Å². The molecule has 0 aliphatic carbocycles. The molecule has 0 aromatic heterocycles. The van der Waals surface area contributed by atoms with Crippen LogP contribution < -0.4 is 0 Å². The van der Waals surface area contributed by atoms with Gasteiger partial charge in [0, 0.05) is 6.92 Å². The minimum Gasteiger partial charge on any atom is -0.480 e. The Labute approximate surface area is 87.1 Å². The van der Waals surface area contributed by atoms with Crippen molar-refractivity contribution in [3.05, 3.63) is 12.2 Å². The van der Waals surface area contributed by atoms with Gasteiger partial charge in [-0.25, -0.2) is 0 Å². The Bertz CT molecular complexity index is 284. The highest BCUT2D eigenvalue weighted by atomic mass is 16.5. The Morgan fingerprint density at radius 1 is 1.40 bits per heavy atom. The predicted octanol–water partition coefficient (Wildman–Crippen LogP) is -0.00370. The van der Waals surface area contributed by atoms with Gasteiger partial charge in [0.2, 0.25) is 5.91 Å². The SMILES string of the molecule is C/C=C/C(=O)N(COC(C)=O)CC(=O)O. The summed E-state index contributed by atoms with van der Waals surface area (Å²) in [4.78, 5) is 33.1.